The molecule has 52 valence electrons. The largest absolute Gasteiger partial charge is 0.391 e. The lowest BCUT2D eigenvalue weighted by atomic mass is 10.2. The van der Waals surface area contributed by atoms with Crippen molar-refractivity contribution in [3.63, 3.8) is 0 Å². The molecule has 9 heavy (non-hydrogen) atoms. The number of hydrogen-bond acceptors (Lipinski definition) is 2. The van der Waals surface area contributed by atoms with Crippen LogP contribution in [0.4, 0.5) is 0 Å². The number of hydrogen-bond donors (Lipinski definition) is 2. The Kier molecular flexibility index (Phi) is 2.05. The highest BCUT2D eigenvalue weighted by Crippen LogP contribution is 2.03. The summed E-state index contributed by atoms with van der Waals surface area (Å²) in [5.74, 6) is 0.0616. The third-order valence-corrected chi connectivity index (χ3v) is 1.48. The van der Waals surface area contributed by atoms with E-state index in [0.29, 0.717) is 13.0 Å². The number of rotatable bonds is 0. The summed E-state index contributed by atoms with van der Waals surface area (Å²) in [7, 11) is 0. The second kappa shape index (κ2) is 2.82. The number of aliphatic hydroxyl groups excluding tert-OH is 1. The van der Waals surface area contributed by atoms with Crippen LogP contribution in [0.3, 0.4) is 0 Å². The van der Waals surface area contributed by atoms with Crippen LogP contribution in [0.5, 0.6) is 0 Å². The van der Waals surface area contributed by atoms with Crippen molar-refractivity contribution in [2.75, 3.05) is 6.54 Å². The predicted molar refractivity (Wildman–Crippen MR) is 32.9 cm³/mol. The summed E-state index contributed by atoms with van der Waals surface area (Å²) < 4.78 is 0. The standard InChI is InChI=1S/C6H11NO2/c8-5-2-1-3-6(9)7-4-5/h5,8H,1-4H2,(H,7,9)/t5-/m0/s1. The number of carbonyl (C=O) groups is 1. The molecule has 0 radical (unpaired) electrons. The number of β-amino-alcohol motifs (C(OH)–C–C–N with tert-alkyl or cyclic N) is 1. The van der Waals surface area contributed by atoms with Gasteiger partial charge < -0.3 is 10.4 Å². The van der Waals surface area contributed by atoms with Gasteiger partial charge in [-0.25, -0.2) is 0 Å². The Morgan fingerprint density at radius 3 is 3.22 bits per heavy atom. The van der Waals surface area contributed by atoms with Crippen molar-refractivity contribution in [2.45, 2.75) is 25.4 Å². The van der Waals surface area contributed by atoms with E-state index in [2.05, 4.69) is 5.32 Å². The third kappa shape index (κ3) is 2.01. The average Bonchev–Trinajstić information content (AvgIpc) is 1.97. The summed E-state index contributed by atoms with van der Waals surface area (Å²) >= 11 is 0. The lowest BCUT2D eigenvalue weighted by molar-refractivity contribution is -0.120. The van der Waals surface area contributed by atoms with E-state index in [1.165, 1.54) is 0 Å². The molecule has 0 aromatic carbocycles. The summed E-state index contributed by atoms with van der Waals surface area (Å²) in [5.41, 5.74) is 0. The first kappa shape index (κ1) is 6.55. The zero-order chi connectivity index (χ0) is 6.69. The molecule has 0 aromatic rings. The third-order valence-electron chi connectivity index (χ3n) is 1.48. The molecule has 0 unspecified atom stereocenters. The van der Waals surface area contributed by atoms with Crippen LogP contribution >= 0.6 is 0 Å². The molecule has 0 aromatic heterocycles. The van der Waals surface area contributed by atoms with Gasteiger partial charge in [0.1, 0.15) is 0 Å². The van der Waals surface area contributed by atoms with Crippen molar-refractivity contribution in [1.82, 2.24) is 5.32 Å². The molecule has 1 amide bonds. The van der Waals surface area contributed by atoms with E-state index in [1.54, 1.807) is 0 Å². The molecule has 2 N–H and O–H groups in total. The van der Waals surface area contributed by atoms with E-state index in [9.17, 15) is 4.79 Å². The molecule has 0 bridgehead atoms. The zero-order valence-corrected chi connectivity index (χ0v) is 5.26. The van der Waals surface area contributed by atoms with E-state index in [1.807, 2.05) is 0 Å². The molecule has 1 rings (SSSR count). The highest BCUT2D eigenvalue weighted by Gasteiger charge is 2.11. The lowest BCUT2D eigenvalue weighted by Crippen LogP contribution is -2.28. The van der Waals surface area contributed by atoms with Crippen LogP contribution in [0.15, 0.2) is 0 Å². The van der Waals surface area contributed by atoms with Gasteiger partial charge in [-0.1, -0.05) is 0 Å². The fraction of sp³-hybridized carbons (Fsp3) is 0.833. The summed E-state index contributed by atoms with van der Waals surface area (Å²) in [5, 5.41) is 11.6. The van der Waals surface area contributed by atoms with Gasteiger partial charge in [-0.3, -0.25) is 4.79 Å². The first-order valence-electron chi connectivity index (χ1n) is 3.24. The Morgan fingerprint density at radius 1 is 1.67 bits per heavy atom. The minimum absolute atomic E-state index is 0.0616. The summed E-state index contributed by atoms with van der Waals surface area (Å²) in [6.07, 6.45) is 1.81. The van der Waals surface area contributed by atoms with Crippen LogP contribution in [0.2, 0.25) is 0 Å². The van der Waals surface area contributed by atoms with Gasteiger partial charge in [0.2, 0.25) is 5.91 Å². The first-order valence-corrected chi connectivity index (χ1v) is 3.24. The molecule has 1 heterocycles. The molecule has 0 spiro atoms. The van der Waals surface area contributed by atoms with E-state index in [4.69, 9.17) is 5.11 Å². The Morgan fingerprint density at radius 2 is 2.44 bits per heavy atom. The van der Waals surface area contributed by atoms with E-state index in [0.717, 1.165) is 12.8 Å². The van der Waals surface area contributed by atoms with Crippen molar-refractivity contribution < 1.29 is 9.90 Å². The molecule has 1 atom stereocenters. The normalized spacial score (nSPS) is 29.0. The fourth-order valence-electron chi connectivity index (χ4n) is 0.920. The van der Waals surface area contributed by atoms with Gasteiger partial charge in [-0.05, 0) is 12.8 Å². The first-order chi connectivity index (χ1) is 4.29. The van der Waals surface area contributed by atoms with Crippen LogP contribution in [0.25, 0.3) is 0 Å². The smallest absolute Gasteiger partial charge is 0.220 e. The molecule has 1 saturated heterocycles. The minimum atomic E-state index is -0.323. The van der Waals surface area contributed by atoms with Gasteiger partial charge in [-0.2, -0.15) is 0 Å². The SMILES string of the molecule is O=C1CCC[C@H](O)CN1. The average molecular weight is 129 g/mol. The van der Waals surface area contributed by atoms with E-state index >= 15 is 0 Å². The van der Waals surface area contributed by atoms with Crippen LogP contribution < -0.4 is 5.32 Å². The fourth-order valence-corrected chi connectivity index (χ4v) is 0.920. The van der Waals surface area contributed by atoms with E-state index < -0.39 is 0 Å². The Balaban J connectivity index is 2.34. The maximum Gasteiger partial charge on any atom is 0.220 e. The van der Waals surface area contributed by atoms with Crippen molar-refractivity contribution in [3.05, 3.63) is 0 Å². The Bertz CT molecular complexity index is 114. The molecule has 1 fully saturated rings. The van der Waals surface area contributed by atoms with Crippen molar-refractivity contribution in [1.29, 1.82) is 0 Å². The van der Waals surface area contributed by atoms with Gasteiger partial charge in [0.25, 0.3) is 0 Å². The van der Waals surface area contributed by atoms with Crippen LogP contribution in [0, 0.1) is 0 Å². The van der Waals surface area contributed by atoms with Gasteiger partial charge in [0.15, 0.2) is 0 Å². The second-order valence-electron chi connectivity index (χ2n) is 2.35. The highest BCUT2D eigenvalue weighted by atomic mass is 16.3. The molecule has 0 aliphatic carbocycles. The van der Waals surface area contributed by atoms with Crippen LogP contribution in [-0.2, 0) is 4.79 Å². The monoisotopic (exact) mass is 129 g/mol. The second-order valence-corrected chi connectivity index (χ2v) is 2.35. The molecule has 0 saturated carbocycles. The quantitative estimate of drug-likeness (QED) is 0.469. The molecule has 1 aliphatic rings. The molecular formula is C6H11NO2. The Hall–Kier alpha value is -0.570. The van der Waals surface area contributed by atoms with E-state index in [-0.39, 0.29) is 12.0 Å². The highest BCUT2D eigenvalue weighted by molar-refractivity contribution is 5.76. The number of carbonyl (C=O) groups excluding carboxylic acids is 1. The summed E-state index contributed by atoms with van der Waals surface area (Å²) in [6.45, 7) is 0.429. The number of amides is 1. The van der Waals surface area contributed by atoms with Gasteiger partial charge in [0.05, 0.1) is 6.10 Å². The molecule has 3 nitrogen and oxygen atoms in total. The van der Waals surface area contributed by atoms with Crippen molar-refractivity contribution >= 4 is 5.91 Å². The predicted octanol–water partition coefficient (Wildman–Crippen LogP) is -0.353. The zero-order valence-electron chi connectivity index (χ0n) is 5.26. The van der Waals surface area contributed by atoms with Gasteiger partial charge in [-0.15, -0.1) is 0 Å². The van der Waals surface area contributed by atoms with Crippen LogP contribution in [-0.4, -0.2) is 23.7 Å². The summed E-state index contributed by atoms with van der Waals surface area (Å²) in [4.78, 5) is 10.6. The molecule has 1 aliphatic heterocycles. The lowest BCUT2D eigenvalue weighted by Gasteiger charge is -2.03. The van der Waals surface area contributed by atoms with Crippen molar-refractivity contribution in [3.8, 4) is 0 Å². The topological polar surface area (TPSA) is 49.3 Å². The summed E-state index contributed by atoms with van der Waals surface area (Å²) in [6, 6.07) is 0. The maximum absolute atomic E-state index is 10.6. The minimum Gasteiger partial charge on any atom is -0.391 e. The maximum atomic E-state index is 10.6. The van der Waals surface area contributed by atoms with Crippen molar-refractivity contribution in [2.24, 2.45) is 0 Å². The van der Waals surface area contributed by atoms with Gasteiger partial charge in [0, 0.05) is 13.0 Å². The van der Waals surface area contributed by atoms with Crippen LogP contribution in [0.1, 0.15) is 19.3 Å². The molecular weight excluding hydrogens is 118 g/mol. The van der Waals surface area contributed by atoms with Gasteiger partial charge >= 0.3 is 0 Å². The Labute approximate surface area is 54.1 Å². The number of aliphatic hydroxyl groups is 1. The molecule has 3 heteroatoms. The number of nitrogens with one attached hydrogen (secondary N) is 1.